The summed E-state index contributed by atoms with van der Waals surface area (Å²) in [5, 5.41) is 52.1. The van der Waals surface area contributed by atoms with Crippen LogP contribution in [0.2, 0.25) is 0 Å². The van der Waals surface area contributed by atoms with Crippen LogP contribution in [0.3, 0.4) is 0 Å². The molecule has 22 heteroatoms. The number of aliphatic hydroxyl groups is 2. The molecule has 10 atom stereocenters. The third-order valence-electron chi connectivity index (χ3n) is 11.9. The van der Waals surface area contributed by atoms with Crippen molar-refractivity contribution in [1.29, 1.82) is 0 Å². The third-order valence-corrected chi connectivity index (χ3v) is 11.9. The van der Waals surface area contributed by atoms with E-state index >= 15 is 0 Å². The number of rotatable bonds is 10. The van der Waals surface area contributed by atoms with E-state index in [4.69, 9.17) is 14.2 Å². The van der Waals surface area contributed by atoms with E-state index in [0.717, 1.165) is 56.0 Å². The molecule has 4 rings (SSSR count). The lowest BCUT2D eigenvalue weighted by Gasteiger charge is -2.47. The van der Waals surface area contributed by atoms with Gasteiger partial charge in [-0.3, -0.25) is 49.2 Å². The van der Waals surface area contributed by atoms with Gasteiger partial charge in [-0.05, 0) is 72.1 Å². The highest BCUT2D eigenvalue weighted by molar-refractivity contribution is 5.97. The standard InChI is InChI=1S/C38H64N8O14/c1-7-8-9-10-13-25-16-17-38(55,60-23(25)3)37(5,54)36(53)42-30-24(4)59-35(52)22(2)45(56)32(49)26-14-11-18-40-43(26)29(47)20-39-31(48)28(21-58-6)46(57)33(50)27-15-12-19-41-44(27)34(30)51/h22-28,30,40-41,54-57H,7-21H2,1-6H3,(H,39,48)(H,42,53)/t22-,23+,24-,25-,26+,27+,28+,30+,37-,38+/m1/s1. The maximum atomic E-state index is 14.6. The number of carbonyl (C=O) groups excluding carboxylic acids is 7. The van der Waals surface area contributed by atoms with Crippen LogP contribution in [0.25, 0.3) is 0 Å². The zero-order valence-corrected chi connectivity index (χ0v) is 35.4. The summed E-state index contributed by atoms with van der Waals surface area (Å²) in [5.41, 5.74) is 2.81. The van der Waals surface area contributed by atoms with Gasteiger partial charge in [-0.2, -0.15) is 0 Å². The number of hydrogen-bond donors (Lipinski definition) is 8. The minimum atomic E-state index is -2.70. The number of methoxy groups -OCH3 is 1. The highest BCUT2D eigenvalue weighted by atomic mass is 16.6. The predicted molar refractivity (Wildman–Crippen MR) is 206 cm³/mol. The molecule has 0 bridgehead atoms. The Hall–Kier alpha value is -4.03. The van der Waals surface area contributed by atoms with Gasteiger partial charge in [-0.15, -0.1) is 0 Å². The number of nitrogens with zero attached hydrogens (tertiary/aromatic N) is 4. The smallest absolute Gasteiger partial charge is 0.331 e. The van der Waals surface area contributed by atoms with Crippen molar-refractivity contribution >= 4 is 41.4 Å². The molecule has 0 radical (unpaired) electrons. The first-order chi connectivity index (χ1) is 28.3. The van der Waals surface area contributed by atoms with Gasteiger partial charge < -0.3 is 35.1 Å². The lowest BCUT2D eigenvalue weighted by Crippen LogP contribution is -2.70. The van der Waals surface area contributed by atoms with Gasteiger partial charge in [0.25, 0.3) is 29.5 Å². The van der Waals surface area contributed by atoms with Crippen LogP contribution in [0.1, 0.15) is 105 Å². The van der Waals surface area contributed by atoms with E-state index in [0.29, 0.717) is 19.3 Å². The number of carbonyl (C=O) groups is 7. The maximum Gasteiger partial charge on any atom is 0.331 e. The zero-order valence-electron chi connectivity index (χ0n) is 35.4. The lowest BCUT2D eigenvalue weighted by molar-refractivity contribution is -0.325. The minimum absolute atomic E-state index is 0.0475. The molecule has 0 aromatic heterocycles. The number of cyclic esters (lactones) is 1. The van der Waals surface area contributed by atoms with Crippen LogP contribution in [0.5, 0.6) is 0 Å². The first-order valence-corrected chi connectivity index (χ1v) is 20.9. The molecular weight excluding hydrogens is 792 g/mol. The molecule has 60 heavy (non-hydrogen) atoms. The minimum Gasteiger partial charge on any atom is -0.458 e. The van der Waals surface area contributed by atoms with Gasteiger partial charge in [0.15, 0.2) is 17.7 Å². The van der Waals surface area contributed by atoms with Gasteiger partial charge in [0, 0.05) is 26.6 Å². The second kappa shape index (κ2) is 21.2. The molecule has 0 saturated carbocycles. The summed E-state index contributed by atoms with van der Waals surface area (Å²) in [7, 11) is 1.20. The Morgan fingerprint density at radius 3 is 2.13 bits per heavy atom. The predicted octanol–water partition coefficient (Wildman–Crippen LogP) is -1.41. The highest BCUT2D eigenvalue weighted by Crippen LogP contribution is 2.40. The number of hydroxylamine groups is 4. The van der Waals surface area contributed by atoms with Crippen molar-refractivity contribution in [1.82, 2.24) is 41.6 Å². The molecule has 0 unspecified atom stereocenters. The molecular formula is C38H64N8O14. The topological polar surface area (TPSA) is 289 Å². The summed E-state index contributed by atoms with van der Waals surface area (Å²) in [6.45, 7) is 6.27. The monoisotopic (exact) mass is 856 g/mol. The fraction of sp³-hybridized carbons (Fsp3) is 0.816. The number of nitrogens with one attached hydrogen (secondary N) is 4. The number of esters is 1. The number of hydrogen-bond acceptors (Lipinski definition) is 16. The third kappa shape index (κ3) is 10.9. The van der Waals surface area contributed by atoms with E-state index in [1.54, 1.807) is 6.92 Å². The number of fused-ring (bicyclic) bond motifs is 2. The van der Waals surface area contributed by atoms with E-state index in [9.17, 15) is 54.2 Å². The summed E-state index contributed by atoms with van der Waals surface area (Å²) in [6, 6.07) is -8.28. The summed E-state index contributed by atoms with van der Waals surface area (Å²) in [5.74, 6) is -10.1. The van der Waals surface area contributed by atoms with Crippen LogP contribution in [0, 0.1) is 5.92 Å². The van der Waals surface area contributed by atoms with Crippen LogP contribution in [-0.4, -0.2) is 169 Å². The Kier molecular flexibility index (Phi) is 17.2. The number of amides is 6. The molecule has 0 aliphatic carbocycles. The second-order valence-electron chi connectivity index (χ2n) is 16.3. The van der Waals surface area contributed by atoms with Crippen molar-refractivity contribution in [2.45, 2.75) is 159 Å². The van der Waals surface area contributed by atoms with Gasteiger partial charge in [-0.25, -0.2) is 25.8 Å². The Morgan fingerprint density at radius 2 is 1.52 bits per heavy atom. The molecule has 4 fully saturated rings. The van der Waals surface area contributed by atoms with Crippen molar-refractivity contribution in [3.63, 3.8) is 0 Å². The van der Waals surface area contributed by atoms with E-state index < -0.39 is 108 Å². The number of unbranched alkanes of at least 4 members (excludes halogenated alkanes) is 3. The molecule has 0 aromatic carbocycles. The van der Waals surface area contributed by atoms with E-state index in [-0.39, 0.29) is 48.4 Å². The van der Waals surface area contributed by atoms with Crippen molar-refractivity contribution in [3.8, 4) is 0 Å². The Bertz CT molecular complexity index is 1570. The van der Waals surface area contributed by atoms with Crippen LogP contribution in [0.4, 0.5) is 0 Å². The molecule has 340 valence electrons. The molecule has 4 aliphatic rings. The van der Waals surface area contributed by atoms with Crippen molar-refractivity contribution < 1.29 is 68.4 Å². The molecule has 6 amide bonds. The van der Waals surface area contributed by atoms with Gasteiger partial charge in [0.1, 0.15) is 24.2 Å². The summed E-state index contributed by atoms with van der Waals surface area (Å²) in [6.07, 6.45) is 3.67. The average Bonchev–Trinajstić information content (AvgIpc) is 3.23. The van der Waals surface area contributed by atoms with Crippen LogP contribution < -0.4 is 21.5 Å². The fourth-order valence-corrected chi connectivity index (χ4v) is 7.95. The van der Waals surface area contributed by atoms with E-state index in [1.165, 1.54) is 14.0 Å². The zero-order chi connectivity index (χ0) is 44.5. The quantitative estimate of drug-likeness (QED) is 0.0712. The van der Waals surface area contributed by atoms with Gasteiger partial charge >= 0.3 is 5.97 Å². The molecule has 0 spiro atoms. The Balaban J connectivity index is 1.70. The van der Waals surface area contributed by atoms with Gasteiger partial charge in [0.05, 0.1) is 19.3 Å². The van der Waals surface area contributed by atoms with Crippen molar-refractivity contribution in [2.24, 2.45) is 5.92 Å². The maximum absolute atomic E-state index is 14.6. The largest absolute Gasteiger partial charge is 0.458 e. The van der Waals surface area contributed by atoms with Gasteiger partial charge in [0.2, 0.25) is 11.7 Å². The molecule has 8 N–H and O–H groups in total. The highest BCUT2D eigenvalue weighted by Gasteiger charge is 2.57. The van der Waals surface area contributed by atoms with Crippen molar-refractivity contribution in [3.05, 3.63) is 0 Å². The number of ether oxygens (including phenoxy) is 3. The lowest BCUT2D eigenvalue weighted by atomic mass is 9.80. The number of hydrazine groups is 2. The molecule has 4 saturated heterocycles. The van der Waals surface area contributed by atoms with Crippen molar-refractivity contribution in [2.75, 3.05) is 33.4 Å². The Labute approximate surface area is 349 Å². The van der Waals surface area contributed by atoms with Gasteiger partial charge in [-0.1, -0.05) is 32.6 Å². The normalized spacial score (nSPS) is 33.1. The molecule has 0 aromatic rings. The second-order valence-corrected chi connectivity index (χ2v) is 16.3. The summed E-state index contributed by atoms with van der Waals surface area (Å²) < 4.78 is 16.6. The first-order valence-electron chi connectivity index (χ1n) is 20.9. The summed E-state index contributed by atoms with van der Waals surface area (Å²) >= 11 is 0. The van der Waals surface area contributed by atoms with Crippen LogP contribution in [-0.2, 0) is 47.8 Å². The van der Waals surface area contributed by atoms with E-state index in [2.05, 4.69) is 28.4 Å². The van der Waals surface area contributed by atoms with Crippen LogP contribution >= 0.6 is 0 Å². The van der Waals surface area contributed by atoms with E-state index in [1.807, 2.05) is 0 Å². The first kappa shape index (κ1) is 48.6. The Morgan fingerprint density at radius 1 is 0.900 bits per heavy atom. The molecule has 4 heterocycles. The SMILES string of the molecule is CCCCCC[C@@H]1CC[C@@](O)([C@](C)(O)C(=O)N[C@@H]2C(=O)N3NCCC[C@H]3C(=O)N(O)[C@@H](COC)C(=O)NCC(=O)N3NCCC[C@H]3C(=O)N(O)[C@H](C)C(=O)O[C@@H]2C)O[C@H]1C. The average molecular weight is 857 g/mol. The fourth-order valence-electron chi connectivity index (χ4n) is 7.95. The van der Waals surface area contributed by atoms with Crippen LogP contribution in [0.15, 0.2) is 0 Å². The summed E-state index contributed by atoms with van der Waals surface area (Å²) in [4.78, 5) is 96.5. The molecule has 22 nitrogen and oxygen atoms in total. The molecule has 4 aliphatic heterocycles.